The number of rotatable bonds is 10. The third kappa shape index (κ3) is 6.27. The molecule has 0 fully saturated rings. The molecule has 1 aromatic heterocycles. The average Bonchev–Trinajstić information content (AvgIpc) is 2.83. The second-order valence-electron chi connectivity index (χ2n) is 4.23. The molecule has 0 saturated carbocycles. The van der Waals surface area contributed by atoms with E-state index < -0.39 is 10.0 Å². The predicted octanol–water partition coefficient (Wildman–Crippen LogP) is 2.28. The van der Waals surface area contributed by atoms with E-state index >= 15 is 0 Å². The summed E-state index contributed by atoms with van der Waals surface area (Å²) >= 11 is 3.29. The van der Waals surface area contributed by atoms with Crippen molar-refractivity contribution in [3.05, 3.63) is 16.3 Å². The molecule has 0 unspecified atom stereocenters. The van der Waals surface area contributed by atoms with Crippen molar-refractivity contribution in [1.82, 2.24) is 10.0 Å². The number of unbranched alkanes of at least 4 members (excludes halogenated alkanes) is 2. The minimum absolute atomic E-state index is 0.381. The van der Waals surface area contributed by atoms with Crippen LogP contribution < -0.4 is 10.0 Å². The minimum atomic E-state index is -3.32. The molecule has 0 aromatic carbocycles. The first-order chi connectivity index (χ1) is 9.10. The van der Waals surface area contributed by atoms with Gasteiger partial charge in [-0.05, 0) is 38.0 Å². The summed E-state index contributed by atoms with van der Waals surface area (Å²) in [6, 6.07) is 1.73. The number of thioether (sulfide) groups is 1. The molecule has 0 amide bonds. The van der Waals surface area contributed by atoms with Gasteiger partial charge in [-0.1, -0.05) is 6.42 Å². The lowest BCUT2D eigenvalue weighted by atomic mass is 10.2. The van der Waals surface area contributed by atoms with E-state index in [1.54, 1.807) is 11.4 Å². The number of nitrogens with one attached hydrogen (secondary N) is 2. The van der Waals surface area contributed by atoms with Gasteiger partial charge >= 0.3 is 0 Å². The van der Waals surface area contributed by atoms with E-state index in [1.165, 1.54) is 11.3 Å². The lowest BCUT2D eigenvalue weighted by Gasteiger charge is -2.04. The Labute approximate surface area is 124 Å². The van der Waals surface area contributed by atoms with Crippen LogP contribution in [-0.4, -0.2) is 34.0 Å². The van der Waals surface area contributed by atoms with Crippen molar-refractivity contribution >= 4 is 33.1 Å². The van der Waals surface area contributed by atoms with E-state index in [2.05, 4.69) is 16.3 Å². The van der Waals surface area contributed by atoms with Gasteiger partial charge in [-0.3, -0.25) is 0 Å². The molecule has 110 valence electrons. The van der Waals surface area contributed by atoms with Crippen LogP contribution in [0.25, 0.3) is 0 Å². The highest BCUT2D eigenvalue weighted by atomic mass is 32.2. The second kappa shape index (κ2) is 8.97. The normalized spacial score (nSPS) is 11.9. The summed E-state index contributed by atoms with van der Waals surface area (Å²) < 4.78 is 26.7. The monoisotopic (exact) mass is 322 g/mol. The third-order valence-corrected chi connectivity index (χ3v) is 5.83. The molecule has 1 rings (SSSR count). The van der Waals surface area contributed by atoms with Crippen LogP contribution in [0.2, 0.25) is 0 Å². The van der Waals surface area contributed by atoms with Crippen LogP contribution in [0.1, 0.15) is 24.1 Å². The fourth-order valence-corrected chi connectivity index (χ4v) is 4.46. The van der Waals surface area contributed by atoms with Crippen LogP contribution >= 0.6 is 23.1 Å². The average molecular weight is 323 g/mol. The van der Waals surface area contributed by atoms with E-state index in [0.29, 0.717) is 18.0 Å². The van der Waals surface area contributed by atoms with Crippen LogP contribution in [0, 0.1) is 0 Å². The Hall–Kier alpha value is -0.0800. The summed E-state index contributed by atoms with van der Waals surface area (Å²) in [5.41, 5.74) is 0. The SMILES string of the molecule is CNCc1cc(S(=O)(=O)NCCCCCSC)cs1. The third-order valence-electron chi connectivity index (χ3n) is 2.61. The number of thiophene rings is 1. The van der Waals surface area contributed by atoms with Crippen molar-refractivity contribution in [2.75, 3.05) is 25.6 Å². The van der Waals surface area contributed by atoms with Crippen molar-refractivity contribution in [1.29, 1.82) is 0 Å². The summed E-state index contributed by atoms with van der Waals surface area (Å²) in [6.07, 6.45) is 5.20. The molecule has 2 N–H and O–H groups in total. The number of hydrogen-bond acceptors (Lipinski definition) is 5. The molecule has 19 heavy (non-hydrogen) atoms. The standard InChI is InChI=1S/C12H22N2O2S3/c1-13-9-11-8-12(10-18-11)19(15,16)14-6-4-3-5-7-17-2/h8,10,13-14H,3-7,9H2,1-2H3. The fourth-order valence-electron chi connectivity index (χ4n) is 1.61. The zero-order valence-electron chi connectivity index (χ0n) is 11.4. The summed E-state index contributed by atoms with van der Waals surface area (Å²) in [4.78, 5) is 1.41. The van der Waals surface area contributed by atoms with Gasteiger partial charge in [0.1, 0.15) is 0 Å². The highest BCUT2D eigenvalue weighted by molar-refractivity contribution is 7.98. The number of sulfonamides is 1. The van der Waals surface area contributed by atoms with Gasteiger partial charge in [0.15, 0.2) is 0 Å². The Kier molecular flexibility index (Phi) is 8.01. The Morgan fingerprint density at radius 1 is 1.32 bits per heavy atom. The van der Waals surface area contributed by atoms with Gasteiger partial charge in [-0.2, -0.15) is 11.8 Å². The summed E-state index contributed by atoms with van der Waals surface area (Å²) in [5, 5.41) is 4.71. The van der Waals surface area contributed by atoms with Crippen LogP contribution in [0.4, 0.5) is 0 Å². The van der Waals surface area contributed by atoms with Gasteiger partial charge in [-0.25, -0.2) is 13.1 Å². The van der Waals surface area contributed by atoms with Gasteiger partial charge in [0.25, 0.3) is 0 Å². The van der Waals surface area contributed by atoms with E-state index in [9.17, 15) is 8.42 Å². The van der Waals surface area contributed by atoms with Crippen molar-refractivity contribution in [2.24, 2.45) is 0 Å². The van der Waals surface area contributed by atoms with Gasteiger partial charge in [0, 0.05) is 23.3 Å². The molecular formula is C12H22N2O2S3. The topological polar surface area (TPSA) is 58.2 Å². The zero-order chi connectivity index (χ0) is 14.1. The highest BCUT2D eigenvalue weighted by Crippen LogP contribution is 2.19. The van der Waals surface area contributed by atoms with Crippen molar-refractivity contribution in [3.63, 3.8) is 0 Å². The molecule has 4 nitrogen and oxygen atoms in total. The van der Waals surface area contributed by atoms with E-state index in [0.717, 1.165) is 29.9 Å². The summed E-state index contributed by atoms with van der Waals surface area (Å²) in [5.74, 6) is 1.14. The second-order valence-corrected chi connectivity index (χ2v) is 7.98. The van der Waals surface area contributed by atoms with E-state index in [1.807, 2.05) is 18.8 Å². The van der Waals surface area contributed by atoms with Crippen LogP contribution in [0.15, 0.2) is 16.3 Å². The highest BCUT2D eigenvalue weighted by Gasteiger charge is 2.15. The molecule has 1 heterocycles. The molecule has 0 aliphatic rings. The number of hydrogen-bond donors (Lipinski definition) is 2. The molecule has 0 aliphatic carbocycles. The molecule has 0 radical (unpaired) electrons. The lowest BCUT2D eigenvalue weighted by Crippen LogP contribution is -2.24. The molecule has 7 heteroatoms. The minimum Gasteiger partial charge on any atom is -0.315 e. The maximum Gasteiger partial charge on any atom is 0.241 e. The first-order valence-electron chi connectivity index (χ1n) is 6.31. The molecule has 0 aliphatic heterocycles. The van der Waals surface area contributed by atoms with Crippen molar-refractivity contribution < 1.29 is 8.42 Å². The van der Waals surface area contributed by atoms with Crippen molar-refractivity contribution in [2.45, 2.75) is 30.7 Å². The quantitative estimate of drug-likeness (QED) is 0.649. The Bertz CT molecular complexity index is 457. The van der Waals surface area contributed by atoms with Gasteiger partial charge in [0.2, 0.25) is 10.0 Å². The molecule has 0 saturated heterocycles. The van der Waals surface area contributed by atoms with Crippen LogP contribution in [0.3, 0.4) is 0 Å². The largest absolute Gasteiger partial charge is 0.315 e. The maximum atomic E-state index is 12.0. The lowest BCUT2D eigenvalue weighted by molar-refractivity contribution is 0.576. The first-order valence-corrected chi connectivity index (χ1v) is 10.1. The fraction of sp³-hybridized carbons (Fsp3) is 0.667. The summed E-state index contributed by atoms with van der Waals surface area (Å²) in [7, 11) is -1.48. The Balaban J connectivity index is 2.38. The first kappa shape index (κ1) is 17.0. The molecular weight excluding hydrogens is 300 g/mol. The zero-order valence-corrected chi connectivity index (χ0v) is 13.9. The van der Waals surface area contributed by atoms with Crippen LogP contribution in [-0.2, 0) is 16.6 Å². The van der Waals surface area contributed by atoms with Gasteiger partial charge in [0.05, 0.1) is 4.90 Å². The molecule has 1 aromatic rings. The van der Waals surface area contributed by atoms with Crippen molar-refractivity contribution in [3.8, 4) is 0 Å². The van der Waals surface area contributed by atoms with Gasteiger partial charge < -0.3 is 5.32 Å². The molecule has 0 bridgehead atoms. The molecule has 0 atom stereocenters. The van der Waals surface area contributed by atoms with Crippen LogP contribution in [0.5, 0.6) is 0 Å². The van der Waals surface area contributed by atoms with Gasteiger partial charge in [-0.15, -0.1) is 11.3 Å². The predicted molar refractivity (Wildman–Crippen MR) is 84.5 cm³/mol. The van der Waals surface area contributed by atoms with E-state index in [4.69, 9.17) is 0 Å². The maximum absolute atomic E-state index is 12.0. The Morgan fingerprint density at radius 3 is 2.79 bits per heavy atom. The Morgan fingerprint density at radius 2 is 2.11 bits per heavy atom. The molecule has 0 spiro atoms. The van der Waals surface area contributed by atoms with E-state index in [-0.39, 0.29) is 0 Å². The summed E-state index contributed by atoms with van der Waals surface area (Å²) in [6.45, 7) is 1.22. The smallest absolute Gasteiger partial charge is 0.241 e.